The number of hydrogen-bond donors (Lipinski definition) is 1. The Kier molecular flexibility index (Phi) is 6.06. The van der Waals surface area contributed by atoms with E-state index in [2.05, 4.69) is 42.6 Å². The third kappa shape index (κ3) is 5.51. The molecule has 1 heterocycles. The predicted molar refractivity (Wildman–Crippen MR) is 88.6 cm³/mol. The van der Waals surface area contributed by atoms with Gasteiger partial charge < -0.3 is 14.9 Å². The first kappa shape index (κ1) is 17.2. The highest BCUT2D eigenvalue weighted by molar-refractivity contribution is 4.87. The van der Waals surface area contributed by atoms with Crippen molar-refractivity contribution in [2.24, 2.45) is 11.3 Å². The van der Waals surface area contributed by atoms with E-state index in [-0.39, 0.29) is 6.10 Å². The van der Waals surface area contributed by atoms with Crippen LogP contribution in [0.5, 0.6) is 0 Å². The Morgan fingerprint density at radius 2 is 1.71 bits per heavy atom. The second-order valence-electron chi connectivity index (χ2n) is 8.18. The minimum absolute atomic E-state index is 0.0789. The molecule has 4 heteroatoms. The van der Waals surface area contributed by atoms with Crippen molar-refractivity contribution in [2.75, 3.05) is 59.9 Å². The number of aliphatic hydroxyl groups excluding tert-OH is 1. The summed E-state index contributed by atoms with van der Waals surface area (Å²) in [6.45, 7) is 12.8. The van der Waals surface area contributed by atoms with Crippen molar-refractivity contribution in [1.29, 1.82) is 0 Å². The fraction of sp³-hybridized carbons (Fsp3) is 1.00. The molecule has 0 aromatic rings. The molecule has 0 aromatic heterocycles. The highest BCUT2D eigenvalue weighted by Crippen LogP contribution is 2.39. The lowest BCUT2D eigenvalue weighted by Crippen LogP contribution is -2.51. The molecule has 1 saturated carbocycles. The maximum absolute atomic E-state index is 10.3. The Balaban J connectivity index is 1.72. The van der Waals surface area contributed by atoms with Crippen molar-refractivity contribution < 1.29 is 5.11 Å². The van der Waals surface area contributed by atoms with Crippen LogP contribution in [0.4, 0.5) is 0 Å². The zero-order valence-electron chi connectivity index (χ0n) is 14.5. The summed E-state index contributed by atoms with van der Waals surface area (Å²) in [5.41, 5.74) is 0.414. The maximum atomic E-state index is 10.3. The van der Waals surface area contributed by atoms with Gasteiger partial charge >= 0.3 is 0 Å². The van der Waals surface area contributed by atoms with Crippen LogP contribution in [-0.4, -0.2) is 85.8 Å². The van der Waals surface area contributed by atoms with Crippen molar-refractivity contribution in [3.63, 3.8) is 0 Å². The molecule has 1 saturated heterocycles. The lowest BCUT2D eigenvalue weighted by Gasteiger charge is -2.42. The van der Waals surface area contributed by atoms with Crippen LogP contribution >= 0.6 is 0 Å². The second-order valence-corrected chi connectivity index (χ2v) is 8.18. The van der Waals surface area contributed by atoms with Crippen LogP contribution in [0.1, 0.15) is 33.1 Å². The molecular weight excluding hydrogens is 262 g/mol. The molecule has 2 atom stereocenters. The Morgan fingerprint density at radius 3 is 2.33 bits per heavy atom. The summed E-state index contributed by atoms with van der Waals surface area (Å²) in [4.78, 5) is 7.39. The molecular formula is C17H35N3O. The second kappa shape index (κ2) is 7.40. The highest BCUT2D eigenvalue weighted by atomic mass is 16.3. The third-order valence-corrected chi connectivity index (χ3v) is 5.30. The zero-order chi connectivity index (χ0) is 15.5. The van der Waals surface area contributed by atoms with Crippen molar-refractivity contribution in [2.45, 2.75) is 39.2 Å². The van der Waals surface area contributed by atoms with Crippen molar-refractivity contribution >= 4 is 0 Å². The maximum Gasteiger partial charge on any atom is 0.0581 e. The molecule has 2 unspecified atom stereocenters. The van der Waals surface area contributed by atoms with Crippen LogP contribution < -0.4 is 0 Å². The molecule has 1 aliphatic carbocycles. The largest absolute Gasteiger partial charge is 0.393 e. The first-order valence-corrected chi connectivity index (χ1v) is 8.63. The summed E-state index contributed by atoms with van der Waals surface area (Å²) in [6.07, 6.45) is 3.25. The molecule has 0 amide bonds. The molecule has 1 aliphatic heterocycles. The lowest BCUT2D eigenvalue weighted by atomic mass is 9.70. The minimum Gasteiger partial charge on any atom is -0.393 e. The van der Waals surface area contributed by atoms with Gasteiger partial charge in [-0.1, -0.05) is 13.8 Å². The van der Waals surface area contributed by atoms with E-state index in [1.807, 2.05) is 0 Å². The van der Waals surface area contributed by atoms with Gasteiger partial charge in [-0.15, -0.1) is 0 Å². The Hall–Kier alpha value is -0.160. The monoisotopic (exact) mass is 297 g/mol. The molecule has 2 aliphatic rings. The van der Waals surface area contributed by atoms with Gasteiger partial charge in [-0.05, 0) is 44.7 Å². The van der Waals surface area contributed by atoms with Crippen molar-refractivity contribution in [1.82, 2.24) is 14.7 Å². The van der Waals surface area contributed by atoms with E-state index in [0.717, 1.165) is 32.6 Å². The number of piperazine rings is 1. The van der Waals surface area contributed by atoms with E-state index >= 15 is 0 Å². The topological polar surface area (TPSA) is 30.0 Å². The van der Waals surface area contributed by atoms with E-state index in [4.69, 9.17) is 0 Å². The van der Waals surface area contributed by atoms with E-state index in [1.165, 1.54) is 32.5 Å². The minimum atomic E-state index is -0.0789. The standard InChI is InChI=1S/C17H35N3O/c1-17(2)6-5-16(21)15(13-17)14-20-11-9-19(10-12-20)8-7-18(3)4/h15-16,21H,5-14H2,1-4H3. The summed E-state index contributed by atoms with van der Waals surface area (Å²) < 4.78 is 0. The van der Waals surface area contributed by atoms with Gasteiger partial charge in [0.25, 0.3) is 0 Å². The molecule has 0 bridgehead atoms. The summed E-state index contributed by atoms with van der Waals surface area (Å²) in [6, 6.07) is 0. The zero-order valence-corrected chi connectivity index (χ0v) is 14.5. The van der Waals surface area contributed by atoms with Gasteiger partial charge in [0, 0.05) is 45.8 Å². The van der Waals surface area contributed by atoms with Gasteiger partial charge in [0.05, 0.1) is 6.10 Å². The Bertz CT molecular complexity index is 311. The van der Waals surface area contributed by atoms with Crippen molar-refractivity contribution in [3.05, 3.63) is 0 Å². The predicted octanol–water partition coefficient (Wildman–Crippen LogP) is 1.35. The van der Waals surface area contributed by atoms with Gasteiger partial charge in [0.2, 0.25) is 0 Å². The fourth-order valence-corrected chi connectivity index (χ4v) is 3.78. The average Bonchev–Trinajstić information content (AvgIpc) is 2.42. The smallest absolute Gasteiger partial charge is 0.0581 e. The lowest BCUT2D eigenvalue weighted by molar-refractivity contribution is -0.00365. The van der Waals surface area contributed by atoms with Gasteiger partial charge in [-0.25, -0.2) is 0 Å². The van der Waals surface area contributed by atoms with E-state index in [9.17, 15) is 5.11 Å². The fourth-order valence-electron chi connectivity index (χ4n) is 3.78. The molecule has 124 valence electrons. The van der Waals surface area contributed by atoms with Crippen LogP contribution in [0.15, 0.2) is 0 Å². The highest BCUT2D eigenvalue weighted by Gasteiger charge is 2.35. The summed E-state index contributed by atoms with van der Waals surface area (Å²) >= 11 is 0. The third-order valence-electron chi connectivity index (χ3n) is 5.30. The molecule has 0 radical (unpaired) electrons. The molecule has 2 fully saturated rings. The molecule has 0 aromatic carbocycles. The first-order chi connectivity index (χ1) is 9.85. The average molecular weight is 297 g/mol. The molecule has 4 nitrogen and oxygen atoms in total. The van der Waals surface area contributed by atoms with Crippen molar-refractivity contribution in [3.8, 4) is 0 Å². The van der Waals surface area contributed by atoms with Gasteiger partial charge in [0.1, 0.15) is 0 Å². The number of likely N-dealkylation sites (N-methyl/N-ethyl adjacent to an activating group) is 1. The van der Waals surface area contributed by atoms with Crippen LogP contribution in [-0.2, 0) is 0 Å². The van der Waals surface area contributed by atoms with E-state index < -0.39 is 0 Å². The SMILES string of the molecule is CN(C)CCN1CCN(CC2CC(C)(C)CCC2O)CC1. The number of aliphatic hydroxyl groups is 1. The summed E-state index contributed by atoms with van der Waals surface area (Å²) in [5, 5.41) is 10.3. The van der Waals surface area contributed by atoms with Crippen LogP contribution in [0, 0.1) is 11.3 Å². The molecule has 21 heavy (non-hydrogen) atoms. The molecule has 1 N–H and O–H groups in total. The summed E-state index contributed by atoms with van der Waals surface area (Å²) in [5.74, 6) is 0.474. The van der Waals surface area contributed by atoms with E-state index in [0.29, 0.717) is 11.3 Å². The number of hydrogen-bond acceptors (Lipinski definition) is 4. The van der Waals surface area contributed by atoms with Gasteiger partial charge in [0.15, 0.2) is 0 Å². The quantitative estimate of drug-likeness (QED) is 0.830. The van der Waals surface area contributed by atoms with Crippen LogP contribution in [0.2, 0.25) is 0 Å². The van der Waals surface area contributed by atoms with Crippen LogP contribution in [0.3, 0.4) is 0 Å². The van der Waals surface area contributed by atoms with Crippen LogP contribution in [0.25, 0.3) is 0 Å². The molecule has 2 rings (SSSR count). The first-order valence-electron chi connectivity index (χ1n) is 8.63. The number of nitrogens with zero attached hydrogens (tertiary/aromatic N) is 3. The van der Waals surface area contributed by atoms with E-state index in [1.54, 1.807) is 0 Å². The van der Waals surface area contributed by atoms with Gasteiger partial charge in [-0.3, -0.25) is 4.90 Å². The van der Waals surface area contributed by atoms with Gasteiger partial charge in [-0.2, -0.15) is 0 Å². The summed E-state index contributed by atoms with van der Waals surface area (Å²) in [7, 11) is 4.28. The Labute approximate surface area is 131 Å². The Morgan fingerprint density at radius 1 is 1.10 bits per heavy atom. The normalized spacial score (nSPS) is 31.7. The molecule has 0 spiro atoms. The number of rotatable bonds is 5.